The number of ketones is 1. The maximum absolute atomic E-state index is 12.1. The normalized spacial score (nSPS) is 14.8. The maximum Gasteiger partial charge on any atom is 0.304 e. The van der Waals surface area contributed by atoms with Crippen molar-refractivity contribution in [3.8, 4) is 0 Å². The molecule has 0 aromatic rings. The predicted molar refractivity (Wildman–Crippen MR) is 50.8 cm³/mol. The van der Waals surface area contributed by atoms with Gasteiger partial charge in [0.05, 0.1) is 6.42 Å². The van der Waals surface area contributed by atoms with Crippen LogP contribution >= 0.6 is 0 Å². The van der Waals surface area contributed by atoms with Crippen LogP contribution in [0.15, 0.2) is 0 Å². The molecule has 0 aromatic carbocycles. The zero-order valence-corrected chi connectivity index (χ0v) is 8.62. The minimum atomic E-state index is -1.06. The number of alkyl halides is 1. The van der Waals surface area contributed by atoms with Crippen LogP contribution in [0.1, 0.15) is 33.1 Å². The van der Waals surface area contributed by atoms with Crippen LogP contribution in [-0.2, 0) is 9.59 Å². The molecule has 0 bridgehead atoms. The molecule has 3 nitrogen and oxygen atoms in total. The molecule has 0 radical (unpaired) electrons. The molecule has 1 N–H and O–H groups in total. The lowest BCUT2D eigenvalue weighted by atomic mass is 9.89. The maximum atomic E-state index is 12.1. The van der Waals surface area contributed by atoms with E-state index in [1.807, 2.05) is 13.8 Å². The molecule has 0 fully saturated rings. The van der Waals surface area contributed by atoms with Crippen LogP contribution in [0.5, 0.6) is 0 Å². The van der Waals surface area contributed by atoms with Crippen molar-refractivity contribution in [3.63, 3.8) is 0 Å². The minimum Gasteiger partial charge on any atom is -0.481 e. The molecule has 0 aromatic heterocycles. The molecule has 0 aliphatic heterocycles. The topological polar surface area (TPSA) is 54.4 Å². The number of carbonyl (C=O) groups is 2. The van der Waals surface area contributed by atoms with Gasteiger partial charge in [-0.25, -0.2) is 4.39 Å². The SMILES string of the molecule is CCC(C)CC(CC(=O)O)C(=O)CF. The molecule has 14 heavy (non-hydrogen) atoms. The summed E-state index contributed by atoms with van der Waals surface area (Å²) in [5, 5.41) is 8.54. The van der Waals surface area contributed by atoms with Crippen molar-refractivity contribution >= 4 is 11.8 Å². The molecule has 0 saturated carbocycles. The summed E-state index contributed by atoms with van der Waals surface area (Å²) in [6.07, 6.45) is 1.08. The number of rotatable bonds is 7. The summed E-state index contributed by atoms with van der Waals surface area (Å²) in [6, 6.07) is 0. The Labute approximate surface area is 83.3 Å². The summed E-state index contributed by atoms with van der Waals surface area (Å²) in [5.74, 6) is -2.03. The highest BCUT2D eigenvalue weighted by atomic mass is 19.1. The number of hydrogen-bond donors (Lipinski definition) is 1. The highest BCUT2D eigenvalue weighted by Gasteiger charge is 2.22. The Morgan fingerprint density at radius 2 is 2.00 bits per heavy atom. The fraction of sp³-hybridized carbons (Fsp3) is 0.800. The minimum absolute atomic E-state index is 0.257. The van der Waals surface area contributed by atoms with E-state index in [4.69, 9.17) is 5.11 Å². The molecule has 0 heterocycles. The Bertz CT molecular complexity index is 204. The number of carboxylic acid groups (broad SMARTS) is 1. The largest absolute Gasteiger partial charge is 0.481 e. The monoisotopic (exact) mass is 204 g/mol. The summed E-state index contributed by atoms with van der Waals surface area (Å²) < 4.78 is 12.1. The molecule has 82 valence electrons. The Morgan fingerprint density at radius 1 is 1.43 bits per heavy atom. The van der Waals surface area contributed by atoms with Crippen molar-refractivity contribution in [1.29, 1.82) is 0 Å². The molecule has 0 amide bonds. The number of hydrogen-bond acceptors (Lipinski definition) is 2. The van der Waals surface area contributed by atoms with Crippen LogP contribution in [0.25, 0.3) is 0 Å². The molecule has 0 rings (SSSR count). The second-order valence-electron chi connectivity index (χ2n) is 3.64. The van der Waals surface area contributed by atoms with Crippen molar-refractivity contribution in [2.24, 2.45) is 11.8 Å². The van der Waals surface area contributed by atoms with Gasteiger partial charge in [-0.3, -0.25) is 9.59 Å². The number of carboxylic acids is 1. The van der Waals surface area contributed by atoms with Crippen molar-refractivity contribution < 1.29 is 19.1 Å². The first kappa shape index (κ1) is 13.1. The van der Waals surface area contributed by atoms with Gasteiger partial charge in [-0.15, -0.1) is 0 Å². The van der Waals surface area contributed by atoms with Crippen LogP contribution in [-0.4, -0.2) is 23.5 Å². The van der Waals surface area contributed by atoms with Crippen molar-refractivity contribution in [2.75, 3.05) is 6.67 Å². The van der Waals surface area contributed by atoms with Gasteiger partial charge in [0, 0.05) is 5.92 Å². The Kier molecular flexibility index (Phi) is 6.08. The van der Waals surface area contributed by atoms with Gasteiger partial charge in [-0.2, -0.15) is 0 Å². The average Bonchev–Trinajstić information content (AvgIpc) is 2.14. The van der Waals surface area contributed by atoms with Gasteiger partial charge in [-0.05, 0) is 12.3 Å². The van der Waals surface area contributed by atoms with Crippen LogP contribution < -0.4 is 0 Å². The van der Waals surface area contributed by atoms with Gasteiger partial charge < -0.3 is 5.11 Å². The molecule has 2 atom stereocenters. The second-order valence-corrected chi connectivity index (χ2v) is 3.64. The third-order valence-electron chi connectivity index (χ3n) is 2.39. The van der Waals surface area contributed by atoms with Gasteiger partial charge in [0.1, 0.15) is 6.67 Å². The van der Waals surface area contributed by atoms with Gasteiger partial charge in [0.25, 0.3) is 0 Å². The molecule has 4 heteroatoms. The second kappa shape index (κ2) is 6.51. The van der Waals surface area contributed by atoms with E-state index in [-0.39, 0.29) is 12.3 Å². The molecule has 0 saturated heterocycles. The highest BCUT2D eigenvalue weighted by molar-refractivity contribution is 5.85. The number of carbonyl (C=O) groups excluding carboxylic acids is 1. The van der Waals surface area contributed by atoms with Gasteiger partial charge >= 0.3 is 5.97 Å². The van der Waals surface area contributed by atoms with E-state index < -0.39 is 24.3 Å². The van der Waals surface area contributed by atoms with Crippen molar-refractivity contribution in [2.45, 2.75) is 33.1 Å². The smallest absolute Gasteiger partial charge is 0.304 e. The van der Waals surface area contributed by atoms with Crippen LogP contribution in [0, 0.1) is 11.8 Å². The molecule has 0 aliphatic carbocycles. The van der Waals surface area contributed by atoms with E-state index in [0.29, 0.717) is 6.42 Å². The Hall–Kier alpha value is -0.930. The molecular formula is C10H17FO3. The van der Waals surface area contributed by atoms with Gasteiger partial charge in [0.15, 0.2) is 5.78 Å². The van der Waals surface area contributed by atoms with E-state index in [9.17, 15) is 14.0 Å². The molecule has 2 unspecified atom stereocenters. The number of aliphatic carboxylic acids is 1. The summed E-state index contributed by atoms with van der Waals surface area (Å²) in [7, 11) is 0. The third-order valence-corrected chi connectivity index (χ3v) is 2.39. The van der Waals surface area contributed by atoms with Crippen molar-refractivity contribution in [3.05, 3.63) is 0 Å². The lowest BCUT2D eigenvalue weighted by molar-refractivity contribution is -0.141. The lowest BCUT2D eigenvalue weighted by Gasteiger charge is -2.15. The lowest BCUT2D eigenvalue weighted by Crippen LogP contribution is -2.22. The summed E-state index contributed by atoms with van der Waals surface area (Å²) in [6.45, 7) is 2.83. The third kappa shape index (κ3) is 4.94. The first-order valence-electron chi connectivity index (χ1n) is 4.81. The Balaban J connectivity index is 4.24. The molecule has 0 aliphatic rings. The fourth-order valence-electron chi connectivity index (χ4n) is 1.30. The summed E-state index contributed by atoms with van der Waals surface area (Å²) in [5.41, 5.74) is 0. The molecular weight excluding hydrogens is 187 g/mol. The van der Waals surface area contributed by atoms with E-state index >= 15 is 0 Å². The fourth-order valence-corrected chi connectivity index (χ4v) is 1.30. The summed E-state index contributed by atoms with van der Waals surface area (Å²) >= 11 is 0. The van der Waals surface area contributed by atoms with E-state index in [0.717, 1.165) is 6.42 Å². The first-order chi connectivity index (χ1) is 6.51. The zero-order chi connectivity index (χ0) is 11.1. The Morgan fingerprint density at radius 3 is 2.36 bits per heavy atom. The van der Waals surface area contributed by atoms with Gasteiger partial charge in [0.2, 0.25) is 0 Å². The average molecular weight is 204 g/mol. The number of halogens is 1. The van der Waals surface area contributed by atoms with Crippen molar-refractivity contribution in [1.82, 2.24) is 0 Å². The molecule has 0 spiro atoms. The van der Waals surface area contributed by atoms with E-state index in [1.165, 1.54) is 0 Å². The number of Topliss-reactive ketones (excluding diaryl/α,β-unsaturated/α-hetero) is 1. The van der Waals surface area contributed by atoms with E-state index in [2.05, 4.69) is 0 Å². The van der Waals surface area contributed by atoms with Crippen LogP contribution in [0.2, 0.25) is 0 Å². The van der Waals surface area contributed by atoms with E-state index in [1.54, 1.807) is 0 Å². The quantitative estimate of drug-likeness (QED) is 0.690. The van der Waals surface area contributed by atoms with Crippen LogP contribution in [0.4, 0.5) is 4.39 Å². The van der Waals surface area contributed by atoms with Crippen LogP contribution in [0.3, 0.4) is 0 Å². The standard InChI is InChI=1S/C10H17FO3/c1-3-7(2)4-8(5-10(13)14)9(12)6-11/h7-8H,3-6H2,1-2H3,(H,13,14). The highest BCUT2D eigenvalue weighted by Crippen LogP contribution is 2.19. The predicted octanol–water partition coefficient (Wildman–Crippen LogP) is 2.05. The zero-order valence-electron chi connectivity index (χ0n) is 8.62. The first-order valence-corrected chi connectivity index (χ1v) is 4.81. The van der Waals surface area contributed by atoms with Gasteiger partial charge in [-0.1, -0.05) is 20.3 Å². The summed E-state index contributed by atoms with van der Waals surface area (Å²) in [4.78, 5) is 21.5.